The Morgan fingerprint density at radius 2 is 2.00 bits per heavy atom. The van der Waals surface area contributed by atoms with Gasteiger partial charge in [-0.1, -0.05) is 30.3 Å². The van der Waals surface area contributed by atoms with Crippen LogP contribution < -0.4 is 5.73 Å². The number of benzene rings is 2. The first kappa shape index (κ1) is 15.3. The van der Waals surface area contributed by atoms with E-state index >= 15 is 0 Å². The molecule has 1 atom stereocenters. The molecule has 2 aromatic carbocycles. The normalized spacial score (nSPS) is 12.5. The Bertz CT molecular complexity index is 1070. The fraction of sp³-hybridized carbons (Fsp3) is 0.222. The summed E-state index contributed by atoms with van der Waals surface area (Å²) in [6, 6.07) is 15.8. The van der Waals surface area contributed by atoms with Gasteiger partial charge in [-0.25, -0.2) is 4.68 Å². The summed E-state index contributed by atoms with van der Waals surface area (Å²) in [5.74, 6) is 0.674. The number of para-hydroxylation sites is 1. The third-order valence-electron chi connectivity index (χ3n) is 4.27. The number of nitrogens with zero attached hydrogens (tertiary/aromatic N) is 5. The van der Waals surface area contributed by atoms with Gasteiger partial charge in [-0.05, 0) is 28.1 Å². The molecule has 2 heterocycles. The highest BCUT2D eigenvalue weighted by atomic mass is 16.3. The molecule has 0 bridgehead atoms. The van der Waals surface area contributed by atoms with E-state index in [1.165, 1.54) is 0 Å². The monoisotopic (exact) mass is 332 g/mol. The number of nitriles is 1. The van der Waals surface area contributed by atoms with Gasteiger partial charge in [0.1, 0.15) is 11.2 Å². The number of hydrogen-bond donors (Lipinski definition) is 1. The number of rotatable bonds is 5. The van der Waals surface area contributed by atoms with Crippen LogP contribution in [0.4, 0.5) is 0 Å². The molecule has 25 heavy (non-hydrogen) atoms. The Hall–Kier alpha value is -3.24. The average Bonchev–Trinajstić information content (AvgIpc) is 3.23. The molecule has 0 fully saturated rings. The third-order valence-corrected chi connectivity index (χ3v) is 4.27. The van der Waals surface area contributed by atoms with Crippen molar-refractivity contribution in [2.75, 3.05) is 0 Å². The SMILES string of the molecule is N#CCCn1nnnc1CC(N)c1ccc2c(c1)oc1ccccc12. The Morgan fingerprint density at radius 3 is 2.88 bits per heavy atom. The van der Waals surface area contributed by atoms with Crippen LogP contribution in [0, 0.1) is 11.3 Å². The van der Waals surface area contributed by atoms with Gasteiger partial charge in [-0.15, -0.1) is 5.10 Å². The average molecular weight is 332 g/mol. The molecule has 1 unspecified atom stereocenters. The van der Waals surface area contributed by atoms with Gasteiger partial charge < -0.3 is 10.2 Å². The molecule has 0 aliphatic carbocycles. The zero-order valence-corrected chi connectivity index (χ0v) is 13.5. The van der Waals surface area contributed by atoms with Crippen molar-refractivity contribution in [3.05, 3.63) is 53.9 Å². The van der Waals surface area contributed by atoms with Crippen molar-refractivity contribution in [2.24, 2.45) is 5.73 Å². The predicted octanol–water partition coefficient (Wildman–Crippen LogP) is 2.73. The molecular formula is C18H16N6O. The van der Waals surface area contributed by atoms with Crippen molar-refractivity contribution in [1.29, 1.82) is 5.26 Å². The zero-order valence-electron chi connectivity index (χ0n) is 13.5. The van der Waals surface area contributed by atoms with E-state index in [-0.39, 0.29) is 6.04 Å². The highest BCUT2D eigenvalue weighted by Crippen LogP contribution is 2.30. The summed E-state index contributed by atoms with van der Waals surface area (Å²) in [5.41, 5.74) is 9.00. The van der Waals surface area contributed by atoms with Crippen LogP contribution in [0.5, 0.6) is 0 Å². The van der Waals surface area contributed by atoms with Gasteiger partial charge in [0.25, 0.3) is 0 Å². The van der Waals surface area contributed by atoms with E-state index < -0.39 is 0 Å². The molecule has 2 aromatic heterocycles. The van der Waals surface area contributed by atoms with Crippen molar-refractivity contribution >= 4 is 21.9 Å². The first-order valence-corrected chi connectivity index (χ1v) is 8.05. The standard InChI is InChI=1S/C18H16N6O/c19-8-3-9-24-18(21-22-23-24)11-15(20)12-6-7-14-13-4-1-2-5-16(13)25-17(14)10-12/h1-2,4-7,10,15H,3,9,11,20H2. The van der Waals surface area contributed by atoms with E-state index in [9.17, 15) is 0 Å². The number of hydrogen-bond acceptors (Lipinski definition) is 6. The highest BCUT2D eigenvalue weighted by Gasteiger charge is 2.15. The fourth-order valence-corrected chi connectivity index (χ4v) is 2.99. The predicted molar refractivity (Wildman–Crippen MR) is 92.4 cm³/mol. The molecule has 4 aromatic rings. The summed E-state index contributed by atoms with van der Waals surface area (Å²) < 4.78 is 7.55. The van der Waals surface area contributed by atoms with Crippen LogP contribution in [0.2, 0.25) is 0 Å². The summed E-state index contributed by atoms with van der Waals surface area (Å²) in [6.45, 7) is 0.466. The van der Waals surface area contributed by atoms with E-state index in [1.807, 2.05) is 42.5 Å². The van der Waals surface area contributed by atoms with Crippen LogP contribution in [-0.2, 0) is 13.0 Å². The van der Waals surface area contributed by atoms with Gasteiger partial charge in [0, 0.05) is 23.2 Å². The first-order valence-electron chi connectivity index (χ1n) is 8.05. The second-order valence-electron chi connectivity index (χ2n) is 5.89. The second-order valence-corrected chi connectivity index (χ2v) is 5.89. The molecule has 0 aliphatic heterocycles. The van der Waals surface area contributed by atoms with Crippen LogP contribution in [0.1, 0.15) is 23.9 Å². The molecule has 0 radical (unpaired) electrons. The summed E-state index contributed by atoms with van der Waals surface area (Å²) in [5, 5.41) is 22.5. The van der Waals surface area contributed by atoms with E-state index in [0.29, 0.717) is 25.2 Å². The van der Waals surface area contributed by atoms with Crippen LogP contribution in [-0.4, -0.2) is 20.2 Å². The minimum atomic E-state index is -0.260. The summed E-state index contributed by atoms with van der Waals surface area (Å²) in [4.78, 5) is 0. The molecule has 0 spiro atoms. The minimum absolute atomic E-state index is 0.260. The minimum Gasteiger partial charge on any atom is -0.456 e. The lowest BCUT2D eigenvalue weighted by molar-refractivity contribution is 0.554. The highest BCUT2D eigenvalue weighted by molar-refractivity contribution is 6.04. The number of nitrogens with two attached hydrogens (primary N) is 1. The summed E-state index contributed by atoms with van der Waals surface area (Å²) in [6.07, 6.45) is 0.850. The summed E-state index contributed by atoms with van der Waals surface area (Å²) >= 11 is 0. The molecule has 7 nitrogen and oxygen atoms in total. The van der Waals surface area contributed by atoms with Gasteiger partial charge in [-0.2, -0.15) is 5.26 Å². The third kappa shape index (κ3) is 2.84. The Balaban J connectivity index is 1.62. The molecular weight excluding hydrogens is 316 g/mol. The van der Waals surface area contributed by atoms with E-state index in [2.05, 4.69) is 21.6 Å². The first-order chi connectivity index (χ1) is 12.3. The number of furan rings is 1. The molecule has 4 rings (SSSR count). The van der Waals surface area contributed by atoms with Crippen molar-refractivity contribution in [3.63, 3.8) is 0 Å². The van der Waals surface area contributed by atoms with Gasteiger partial charge in [0.05, 0.1) is 19.0 Å². The van der Waals surface area contributed by atoms with E-state index in [4.69, 9.17) is 15.4 Å². The van der Waals surface area contributed by atoms with Crippen LogP contribution in [0.3, 0.4) is 0 Å². The maximum absolute atomic E-state index is 8.71. The molecule has 0 aliphatic rings. The van der Waals surface area contributed by atoms with Crippen molar-refractivity contribution in [3.8, 4) is 6.07 Å². The Labute approximate surface area is 143 Å². The quantitative estimate of drug-likeness (QED) is 0.602. The van der Waals surface area contributed by atoms with Gasteiger partial charge in [0.2, 0.25) is 0 Å². The number of tetrazole rings is 1. The zero-order chi connectivity index (χ0) is 17.2. The van der Waals surface area contributed by atoms with Crippen molar-refractivity contribution in [1.82, 2.24) is 20.2 Å². The Morgan fingerprint density at radius 1 is 1.16 bits per heavy atom. The maximum atomic E-state index is 8.71. The van der Waals surface area contributed by atoms with E-state index in [0.717, 1.165) is 27.5 Å². The second kappa shape index (κ2) is 6.34. The number of fused-ring (bicyclic) bond motifs is 3. The smallest absolute Gasteiger partial charge is 0.153 e. The maximum Gasteiger partial charge on any atom is 0.153 e. The number of aromatic nitrogens is 4. The van der Waals surface area contributed by atoms with Crippen molar-refractivity contribution in [2.45, 2.75) is 25.4 Å². The Kier molecular flexibility index (Phi) is 3.88. The van der Waals surface area contributed by atoms with Crippen LogP contribution >= 0.6 is 0 Å². The van der Waals surface area contributed by atoms with Gasteiger partial charge in [-0.3, -0.25) is 0 Å². The number of aryl methyl sites for hydroxylation is 1. The lowest BCUT2D eigenvalue weighted by Gasteiger charge is -2.11. The lowest BCUT2D eigenvalue weighted by atomic mass is 10.0. The largest absolute Gasteiger partial charge is 0.456 e. The molecule has 0 amide bonds. The molecule has 0 saturated carbocycles. The van der Waals surface area contributed by atoms with Crippen LogP contribution in [0.15, 0.2) is 46.9 Å². The molecule has 7 heteroatoms. The summed E-state index contributed by atoms with van der Waals surface area (Å²) in [7, 11) is 0. The van der Waals surface area contributed by atoms with E-state index in [1.54, 1.807) is 4.68 Å². The molecule has 0 saturated heterocycles. The van der Waals surface area contributed by atoms with Crippen molar-refractivity contribution < 1.29 is 4.42 Å². The van der Waals surface area contributed by atoms with Gasteiger partial charge >= 0.3 is 0 Å². The molecule has 124 valence electrons. The van der Waals surface area contributed by atoms with Crippen LogP contribution in [0.25, 0.3) is 21.9 Å². The lowest BCUT2D eigenvalue weighted by Crippen LogP contribution is -2.17. The molecule has 2 N–H and O–H groups in total. The topological polar surface area (TPSA) is 107 Å². The van der Waals surface area contributed by atoms with Gasteiger partial charge in [0.15, 0.2) is 5.82 Å². The fourth-order valence-electron chi connectivity index (χ4n) is 2.99.